The maximum atomic E-state index is 13.3. The van der Waals surface area contributed by atoms with Crippen molar-refractivity contribution in [1.29, 1.82) is 0 Å². The Morgan fingerprint density at radius 3 is 2.18 bits per heavy atom. The van der Waals surface area contributed by atoms with Crippen molar-refractivity contribution in [2.24, 2.45) is 0 Å². The lowest BCUT2D eigenvalue weighted by Crippen LogP contribution is -2.27. The summed E-state index contributed by atoms with van der Waals surface area (Å²) in [5.74, 6) is -1.22. The molecule has 5 nitrogen and oxygen atoms in total. The van der Waals surface area contributed by atoms with Crippen molar-refractivity contribution in [3.8, 4) is 0 Å². The van der Waals surface area contributed by atoms with Crippen molar-refractivity contribution < 1.29 is 23.1 Å². The first-order chi connectivity index (χ1) is 15.7. The van der Waals surface area contributed by atoms with Crippen LogP contribution in [0.3, 0.4) is 0 Å². The molecule has 0 bridgehead atoms. The predicted octanol–water partition coefficient (Wildman–Crippen LogP) is 5.83. The molecule has 3 aromatic rings. The van der Waals surface area contributed by atoms with Crippen LogP contribution < -0.4 is 4.31 Å². The van der Waals surface area contributed by atoms with Crippen LogP contribution in [-0.4, -0.2) is 26.4 Å². The Morgan fingerprint density at radius 2 is 1.61 bits per heavy atom. The van der Waals surface area contributed by atoms with E-state index in [-0.39, 0.29) is 24.7 Å². The summed E-state index contributed by atoms with van der Waals surface area (Å²) in [6.45, 7) is 2.29. The molecule has 0 aliphatic heterocycles. The van der Waals surface area contributed by atoms with Gasteiger partial charge in [0.2, 0.25) is 0 Å². The number of carboxylic acids is 1. The number of carbonyl (C=O) groups is 1. The Morgan fingerprint density at radius 1 is 1.00 bits per heavy atom. The molecular weight excluding hydrogens is 465 g/mol. The first-order valence-corrected chi connectivity index (χ1v) is 11.9. The SMILES string of the molecule is CC(c1ccc(F)cc1)c1cc(CCC(=O)O)cc(CCN(c2ccc(Cl)cc2)S(=O)O)c1. The molecule has 33 heavy (non-hydrogen) atoms. The van der Waals surface area contributed by atoms with E-state index in [9.17, 15) is 17.9 Å². The largest absolute Gasteiger partial charge is 0.481 e. The van der Waals surface area contributed by atoms with E-state index >= 15 is 0 Å². The van der Waals surface area contributed by atoms with Gasteiger partial charge < -0.3 is 5.11 Å². The van der Waals surface area contributed by atoms with E-state index in [2.05, 4.69) is 0 Å². The third-order valence-electron chi connectivity index (χ3n) is 5.48. The lowest BCUT2D eigenvalue weighted by Gasteiger charge is -2.21. The highest BCUT2D eigenvalue weighted by atomic mass is 35.5. The van der Waals surface area contributed by atoms with E-state index < -0.39 is 17.2 Å². The number of nitrogens with zero attached hydrogens (tertiary/aromatic N) is 1. The highest BCUT2D eigenvalue weighted by Crippen LogP contribution is 2.27. The molecule has 8 heteroatoms. The van der Waals surface area contributed by atoms with Gasteiger partial charge in [0.1, 0.15) is 5.82 Å². The van der Waals surface area contributed by atoms with Crippen molar-refractivity contribution in [1.82, 2.24) is 0 Å². The third kappa shape index (κ3) is 7.12. The number of carboxylic acid groups (broad SMARTS) is 1. The van der Waals surface area contributed by atoms with Crippen LogP contribution in [0.5, 0.6) is 0 Å². The summed E-state index contributed by atoms with van der Waals surface area (Å²) in [6, 6.07) is 18.9. The minimum Gasteiger partial charge on any atom is -0.481 e. The van der Waals surface area contributed by atoms with Crippen LogP contribution in [0.1, 0.15) is 41.5 Å². The number of rotatable bonds is 10. The fourth-order valence-corrected chi connectivity index (χ4v) is 4.34. The lowest BCUT2D eigenvalue weighted by molar-refractivity contribution is -0.136. The van der Waals surface area contributed by atoms with E-state index in [1.54, 1.807) is 36.4 Å². The zero-order valence-electron chi connectivity index (χ0n) is 18.1. The monoisotopic (exact) mass is 489 g/mol. The van der Waals surface area contributed by atoms with Gasteiger partial charge in [-0.05, 0) is 71.5 Å². The lowest BCUT2D eigenvalue weighted by atomic mass is 9.89. The van der Waals surface area contributed by atoms with Crippen molar-refractivity contribution in [2.75, 3.05) is 10.8 Å². The minimum absolute atomic E-state index is 0.00534. The molecule has 0 heterocycles. The summed E-state index contributed by atoms with van der Waals surface area (Å²) in [7, 11) is 0. The van der Waals surface area contributed by atoms with Crippen LogP contribution in [0.4, 0.5) is 10.1 Å². The zero-order valence-corrected chi connectivity index (χ0v) is 19.7. The van der Waals surface area contributed by atoms with E-state index in [1.165, 1.54) is 16.4 Å². The quantitative estimate of drug-likeness (QED) is 0.351. The fraction of sp³-hybridized carbons (Fsp3) is 0.240. The van der Waals surface area contributed by atoms with E-state index in [0.29, 0.717) is 23.6 Å². The van der Waals surface area contributed by atoms with Crippen molar-refractivity contribution in [3.05, 3.63) is 99.8 Å². The standard InChI is InChI=1S/C25H25ClFNO4S/c1-17(20-3-7-23(27)8-4-20)21-15-18(2-11-25(29)30)14-19(16-21)12-13-28(33(31)32)24-9-5-22(26)6-10-24/h3-10,14-17H,2,11-13H2,1H3,(H,29,30)(H,31,32). The van der Waals surface area contributed by atoms with Gasteiger partial charge in [0.25, 0.3) is 11.3 Å². The Bertz CT molecular complexity index is 1120. The first-order valence-electron chi connectivity index (χ1n) is 10.5. The molecule has 174 valence electrons. The molecule has 3 aromatic carbocycles. The highest BCUT2D eigenvalue weighted by Gasteiger charge is 2.15. The first kappa shape index (κ1) is 24.9. The average molecular weight is 490 g/mol. The molecule has 0 amide bonds. The van der Waals surface area contributed by atoms with Gasteiger partial charge in [-0.15, -0.1) is 0 Å². The molecule has 0 aromatic heterocycles. The fourth-order valence-electron chi connectivity index (χ4n) is 3.66. The smallest absolute Gasteiger partial charge is 0.303 e. The van der Waals surface area contributed by atoms with Crippen LogP contribution >= 0.6 is 11.6 Å². The van der Waals surface area contributed by atoms with E-state index in [4.69, 9.17) is 16.7 Å². The van der Waals surface area contributed by atoms with Crippen LogP contribution in [0.25, 0.3) is 0 Å². The maximum Gasteiger partial charge on any atom is 0.303 e. The van der Waals surface area contributed by atoms with Gasteiger partial charge in [0.15, 0.2) is 0 Å². The predicted molar refractivity (Wildman–Crippen MR) is 130 cm³/mol. The van der Waals surface area contributed by atoms with Crippen LogP contribution in [0.15, 0.2) is 66.7 Å². The Hall–Kier alpha value is -2.74. The number of hydrogen-bond acceptors (Lipinski definition) is 2. The topological polar surface area (TPSA) is 77.8 Å². The molecule has 0 saturated carbocycles. The average Bonchev–Trinajstić information content (AvgIpc) is 2.78. The Labute approximate surface area is 200 Å². The maximum absolute atomic E-state index is 13.3. The van der Waals surface area contributed by atoms with Gasteiger partial charge in [0.05, 0.1) is 5.69 Å². The number of anilines is 1. The molecule has 2 N–H and O–H groups in total. The Kier molecular flexibility index (Phi) is 8.61. The summed E-state index contributed by atoms with van der Waals surface area (Å²) in [5.41, 5.74) is 4.29. The van der Waals surface area contributed by atoms with Gasteiger partial charge in [-0.2, -0.15) is 0 Å². The normalized spacial score (nSPS) is 12.8. The second-order valence-electron chi connectivity index (χ2n) is 7.81. The molecule has 0 radical (unpaired) electrons. The number of benzene rings is 3. The Balaban J connectivity index is 1.87. The molecule has 2 unspecified atom stereocenters. The van der Waals surface area contributed by atoms with Crippen LogP contribution in [0, 0.1) is 5.82 Å². The van der Waals surface area contributed by atoms with Crippen molar-refractivity contribution >= 4 is 34.5 Å². The van der Waals surface area contributed by atoms with Crippen LogP contribution in [0.2, 0.25) is 5.02 Å². The molecule has 0 spiro atoms. The number of aryl methyl sites for hydroxylation is 1. The summed E-state index contributed by atoms with van der Waals surface area (Å²) in [5, 5.41) is 9.63. The van der Waals surface area contributed by atoms with Gasteiger partial charge >= 0.3 is 5.97 Å². The second kappa shape index (κ2) is 11.4. The second-order valence-corrected chi connectivity index (χ2v) is 9.15. The molecular formula is C25H25ClFNO4S. The molecule has 0 aliphatic rings. The van der Waals surface area contributed by atoms with Crippen molar-refractivity contribution in [3.63, 3.8) is 0 Å². The van der Waals surface area contributed by atoms with Crippen LogP contribution in [-0.2, 0) is 28.9 Å². The van der Waals surface area contributed by atoms with Gasteiger partial charge in [-0.25, -0.2) is 8.60 Å². The third-order valence-corrected chi connectivity index (χ3v) is 6.50. The molecule has 2 atom stereocenters. The molecule has 0 fully saturated rings. The molecule has 0 aliphatic carbocycles. The molecule has 3 rings (SSSR count). The van der Waals surface area contributed by atoms with Gasteiger partial charge in [-0.1, -0.05) is 48.9 Å². The summed E-state index contributed by atoms with van der Waals surface area (Å²) in [4.78, 5) is 11.1. The number of hydrogen-bond donors (Lipinski definition) is 2. The van der Waals surface area contributed by atoms with Crippen molar-refractivity contribution in [2.45, 2.75) is 32.1 Å². The van der Waals surface area contributed by atoms with Gasteiger partial charge in [0, 0.05) is 23.9 Å². The minimum atomic E-state index is -2.22. The number of halogens is 2. The summed E-state index contributed by atoms with van der Waals surface area (Å²) in [6.07, 6.45) is 0.851. The zero-order chi connectivity index (χ0) is 24.0. The van der Waals surface area contributed by atoms with Gasteiger partial charge in [-0.3, -0.25) is 13.7 Å². The van der Waals surface area contributed by atoms with E-state index in [1.807, 2.05) is 25.1 Å². The summed E-state index contributed by atoms with van der Waals surface area (Å²) >= 11 is 3.71. The van der Waals surface area contributed by atoms with E-state index in [0.717, 1.165) is 22.3 Å². The number of aliphatic carboxylic acids is 1. The highest BCUT2D eigenvalue weighted by molar-refractivity contribution is 7.80. The summed E-state index contributed by atoms with van der Waals surface area (Å²) < 4.78 is 36.5. The molecule has 0 saturated heterocycles.